The van der Waals surface area contributed by atoms with Crippen LogP contribution in [0, 0.1) is 17.7 Å². The van der Waals surface area contributed by atoms with Gasteiger partial charge in [0.15, 0.2) is 5.82 Å². The highest BCUT2D eigenvalue weighted by Gasteiger charge is 2.36. The van der Waals surface area contributed by atoms with Crippen LogP contribution in [0.15, 0.2) is 61.1 Å². The maximum absolute atomic E-state index is 16.0. The van der Waals surface area contributed by atoms with E-state index in [1.165, 1.54) is 23.7 Å². The molecule has 2 aromatic carbocycles. The number of carbonyl (C=O) groups is 4. The van der Waals surface area contributed by atoms with Crippen LogP contribution < -0.4 is 14.9 Å². The number of imide groups is 1. The molecule has 17 heteroatoms. The Morgan fingerprint density at radius 2 is 1.52 bits per heavy atom. The van der Waals surface area contributed by atoms with E-state index in [1.807, 2.05) is 34.1 Å². The lowest BCUT2D eigenvalue weighted by atomic mass is 9.89. The molecule has 4 aliphatic rings. The first-order valence-corrected chi connectivity index (χ1v) is 23.8. The van der Waals surface area contributed by atoms with Gasteiger partial charge in [-0.15, -0.1) is 11.3 Å². The summed E-state index contributed by atoms with van der Waals surface area (Å²) in [5.74, 6) is -1.44. The van der Waals surface area contributed by atoms with Gasteiger partial charge in [0, 0.05) is 80.9 Å². The van der Waals surface area contributed by atoms with Crippen LogP contribution in [0.5, 0.6) is 0 Å². The molecule has 0 radical (unpaired) electrons. The molecule has 6 heterocycles. The van der Waals surface area contributed by atoms with Crippen molar-refractivity contribution in [3.8, 4) is 21.8 Å². The van der Waals surface area contributed by atoms with Gasteiger partial charge in [-0.1, -0.05) is 25.1 Å². The molecule has 14 nitrogen and oxygen atoms in total. The summed E-state index contributed by atoms with van der Waals surface area (Å²) in [6, 6.07) is 14.3. The molecule has 61 heavy (non-hydrogen) atoms. The summed E-state index contributed by atoms with van der Waals surface area (Å²) in [4.78, 5) is 71.5. The first-order valence-electron chi connectivity index (χ1n) is 21.3. The van der Waals surface area contributed by atoms with E-state index in [-0.39, 0.29) is 64.3 Å². The number of hydrogen-bond acceptors (Lipinski definition) is 11. The van der Waals surface area contributed by atoms with Crippen molar-refractivity contribution < 1.29 is 32.0 Å². The summed E-state index contributed by atoms with van der Waals surface area (Å²) < 4.78 is 43.4. The third-order valence-corrected chi connectivity index (χ3v) is 15.2. The summed E-state index contributed by atoms with van der Waals surface area (Å²) in [5.41, 5.74) is 2.97. The molecular weight excluding hydrogens is 820 g/mol. The van der Waals surface area contributed by atoms with Crippen molar-refractivity contribution in [1.29, 1.82) is 0 Å². The fourth-order valence-electron chi connectivity index (χ4n) is 9.10. The first kappa shape index (κ1) is 42.4. The average molecular weight is 871 g/mol. The smallest absolute Gasteiger partial charge is 0.234 e. The maximum atomic E-state index is 16.0. The van der Waals surface area contributed by atoms with Gasteiger partial charge in [0.25, 0.3) is 0 Å². The molecule has 2 aromatic heterocycles. The topological polar surface area (TPSA) is 175 Å². The highest BCUT2D eigenvalue weighted by atomic mass is 32.2. The van der Waals surface area contributed by atoms with Crippen LogP contribution in [-0.2, 0) is 29.2 Å². The SMILES string of the molecule is CCCS(=O)(=O)Nc1cccc(-c2nc(C3CCN(C(=O)C4CCN(C(=O)C5CCN(c6ccc([C@@H]7CCC(=O)NC7=O)cc6)CC5)CC4)CC3)sc2-c2ccncn2)c1F. The fraction of sp³-hybridized carbons (Fsp3) is 0.477. The zero-order chi connectivity index (χ0) is 42.7. The standard InChI is InChI=1S/C44H51FN8O6S2/c1-2-26-61(58,59)50-35-5-3-4-34(38(35)45)39-40(36-12-19-46-27-47-36)60-42(49-39)29-13-22-52(23-14-29)44(57)31-17-24-53(25-18-31)43(56)30-15-20-51(21-16-30)32-8-6-28(7-9-32)33-10-11-37(54)48-41(33)55/h3-9,12,19,27,29-31,33,50H,2,10-11,13-18,20-26H2,1H3,(H,48,54,55)/t33-/m0/s1. The summed E-state index contributed by atoms with van der Waals surface area (Å²) >= 11 is 1.44. The summed E-state index contributed by atoms with van der Waals surface area (Å²) in [6.45, 7) is 5.55. The Balaban J connectivity index is 0.835. The number of hydrogen-bond donors (Lipinski definition) is 2. The van der Waals surface area contributed by atoms with Gasteiger partial charge in [-0.25, -0.2) is 27.8 Å². The number of sulfonamides is 1. The number of amides is 4. The molecule has 0 saturated carbocycles. The Bertz CT molecular complexity index is 2360. The van der Waals surface area contributed by atoms with E-state index in [0.717, 1.165) is 42.2 Å². The van der Waals surface area contributed by atoms with Gasteiger partial charge in [-0.2, -0.15) is 0 Å². The number of piperidine rings is 4. The first-order chi connectivity index (χ1) is 29.5. The highest BCUT2D eigenvalue weighted by Crippen LogP contribution is 2.43. The Morgan fingerprint density at radius 3 is 2.15 bits per heavy atom. The second kappa shape index (κ2) is 18.4. The third-order valence-electron chi connectivity index (χ3n) is 12.5. The van der Waals surface area contributed by atoms with Crippen LogP contribution >= 0.6 is 11.3 Å². The molecule has 2 N–H and O–H groups in total. The average Bonchev–Trinajstić information content (AvgIpc) is 3.72. The number of halogens is 1. The number of nitrogens with one attached hydrogen (secondary N) is 2. The van der Waals surface area contributed by atoms with E-state index >= 15 is 4.39 Å². The Hall–Kier alpha value is -5.29. The lowest BCUT2D eigenvalue weighted by Gasteiger charge is -2.39. The molecule has 0 aliphatic carbocycles. The molecule has 0 unspecified atom stereocenters. The van der Waals surface area contributed by atoms with Crippen molar-refractivity contribution in [2.75, 3.05) is 54.6 Å². The van der Waals surface area contributed by atoms with E-state index in [4.69, 9.17) is 4.98 Å². The largest absolute Gasteiger partial charge is 0.371 e. The van der Waals surface area contributed by atoms with Crippen LogP contribution in [0.25, 0.3) is 21.8 Å². The number of aromatic nitrogens is 3. The molecule has 0 spiro atoms. The number of anilines is 2. The Labute approximate surface area is 359 Å². The van der Waals surface area contributed by atoms with Crippen LogP contribution in [0.1, 0.15) is 87.1 Å². The van der Waals surface area contributed by atoms with Crippen molar-refractivity contribution in [1.82, 2.24) is 30.1 Å². The van der Waals surface area contributed by atoms with Crippen LogP contribution in [0.4, 0.5) is 15.8 Å². The van der Waals surface area contributed by atoms with Gasteiger partial charge in [0.1, 0.15) is 6.33 Å². The van der Waals surface area contributed by atoms with Gasteiger partial charge < -0.3 is 14.7 Å². The molecular formula is C44H51FN8O6S2. The minimum absolute atomic E-state index is 0.0424. The fourth-order valence-corrected chi connectivity index (χ4v) is 11.5. The molecule has 4 saturated heterocycles. The number of likely N-dealkylation sites (tertiary alicyclic amines) is 2. The van der Waals surface area contributed by atoms with Gasteiger partial charge in [0.05, 0.1) is 38.6 Å². The zero-order valence-corrected chi connectivity index (χ0v) is 35.9. The molecule has 8 rings (SSSR count). The maximum Gasteiger partial charge on any atom is 0.234 e. The van der Waals surface area contributed by atoms with Gasteiger partial charge >= 0.3 is 0 Å². The monoisotopic (exact) mass is 870 g/mol. The molecule has 4 aromatic rings. The van der Waals surface area contributed by atoms with Crippen molar-refractivity contribution >= 4 is 56.4 Å². The minimum Gasteiger partial charge on any atom is -0.371 e. The second-order valence-electron chi connectivity index (χ2n) is 16.5. The quantitative estimate of drug-likeness (QED) is 0.172. The van der Waals surface area contributed by atoms with Crippen molar-refractivity contribution in [3.05, 3.63) is 77.4 Å². The molecule has 322 valence electrons. The van der Waals surface area contributed by atoms with Crippen LogP contribution in [-0.4, -0.2) is 102 Å². The van der Waals surface area contributed by atoms with Crippen LogP contribution in [0.2, 0.25) is 0 Å². The van der Waals surface area contributed by atoms with Crippen molar-refractivity contribution in [3.63, 3.8) is 0 Å². The van der Waals surface area contributed by atoms with E-state index in [0.29, 0.717) is 87.4 Å². The summed E-state index contributed by atoms with van der Waals surface area (Å²) in [5, 5.41) is 3.24. The Morgan fingerprint density at radius 1 is 0.869 bits per heavy atom. The predicted octanol–water partition coefficient (Wildman–Crippen LogP) is 5.94. The lowest BCUT2D eigenvalue weighted by Crippen LogP contribution is -2.48. The summed E-state index contributed by atoms with van der Waals surface area (Å²) in [6.07, 6.45) is 8.48. The van der Waals surface area contributed by atoms with Crippen LogP contribution in [0.3, 0.4) is 0 Å². The van der Waals surface area contributed by atoms with E-state index < -0.39 is 15.8 Å². The third kappa shape index (κ3) is 9.47. The Kier molecular flexibility index (Phi) is 12.8. The van der Waals surface area contributed by atoms with E-state index in [1.54, 1.807) is 31.3 Å². The predicted molar refractivity (Wildman–Crippen MR) is 231 cm³/mol. The van der Waals surface area contributed by atoms with Crippen molar-refractivity contribution in [2.24, 2.45) is 11.8 Å². The number of thiazole rings is 1. The molecule has 4 fully saturated rings. The van der Waals surface area contributed by atoms with Gasteiger partial charge in [-0.3, -0.25) is 29.2 Å². The molecule has 4 aliphatic heterocycles. The van der Waals surface area contributed by atoms with Crippen molar-refractivity contribution in [2.45, 2.75) is 76.5 Å². The van der Waals surface area contributed by atoms with Gasteiger partial charge in [0.2, 0.25) is 33.7 Å². The lowest BCUT2D eigenvalue weighted by molar-refractivity contribution is -0.143. The normalized spacial score (nSPS) is 19.8. The van der Waals surface area contributed by atoms with Gasteiger partial charge in [-0.05, 0) is 87.3 Å². The number of nitrogens with zero attached hydrogens (tertiary/aromatic N) is 6. The minimum atomic E-state index is -3.72. The van der Waals surface area contributed by atoms with E-state index in [9.17, 15) is 27.6 Å². The molecule has 0 bridgehead atoms. The molecule has 1 atom stereocenters. The second-order valence-corrected chi connectivity index (χ2v) is 19.3. The zero-order valence-electron chi connectivity index (χ0n) is 34.2. The number of carbonyl (C=O) groups excluding carboxylic acids is 4. The molecule has 4 amide bonds. The highest BCUT2D eigenvalue weighted by molar-refractivity contribution is 7.92. The number of rotatable bonds is 11. The van der Waals surface area contributed by atoms with E-state index in [2.05, 4.69) is 24.9 Å². The number of benzene rings is 2. The summed E-state index contributed by atoms with van der Waals surface area (Å²) in [7, 11) is -3.72.